The van der Waals surface area contributed by atoms with Crippen LogP contribution in [0.4, 0.5) is 4.79 Å². The second-order valence-corrected chi connectivity index (χ2v) is 8.27. The van der Waals surface area contributed by atoms with Crippen molar-refractivity contribution in [2.24, 2.45) is 5.92 Å². The van der Waals surface area contributed by atoms with Gasteiger partial charge in [0.2, 0.25) is 5.91 Å². The molecule has 32 heavy (non-hydrogen) atoms. The summed E-state index contributed by atoms with van der Waals surface area (Å²) in [5.74, 6) is -1.91. The van der Waals surface area contributed by atoms with E-state index >= 15 is 0 Å². The lowest BCUT2D eigenvalue weighted by atomic mass is 9.98. The van der Waals surface area contributed by atoms with Crippen LogP contribution in [0.25, 0.3) is 11.1 Å². The highest BCUT2D eigenvalue weighted by Crippen LogP contribution is 2.44. The van der Waals surface area contributed by atoms with Crippen LogP contribution >= 0.6 is 0 Å². The second kappa shape index (κ2) is 10.3. The standard InChI is InChI=1S/C25H30N2O5/c1-4-17(24(30)27(16(2)3)14-23(28)29)13-26-25(31)32-15-22-20-11-7-5-9-18(20)19-10-6-8-12-21(19)22/h5-12,16-17,22H,4,13-15H2,1-3H3,(H,26,31)(H,28,29). The Balaban J connectivity index is 1.59. The number of benzene rings is 2. The molecule has 0 spiro atoms. The molecule has 0 bridgehead atoms. The molecule has 0 saturated carbocycles. The topological polar surface area (TPSA) is 95.9 Å². The van der Waals surface area contributed by atoms with Crippen LogP contribution in [0.5, 0.6) is 0 Å². The van der Waals surface area contributed by atoms with Gasteiger partial charge in [-0.15, -0.1) is 0 Å². The smallest absolute Gasteiger partial charge is 0.407 e. The van der Waals surface area contributed by atoms with E-state index in [-0.39, 0.29) is 37.6 Å². The lowest BCUT2D eigenvalue weighted by Crippen LogP contribution is -2.46. The number of nitrogens with zero attached hydrogens (tertiary/aromatic N) is 1. The summed E-state index contributed by atoms with van der Waals surface area (Å²) in [5, 5.41) is 11.8. The number of carbonyl (C=O) groups excluding carboxylic acids is 2. The highest BCUT2D eigenvalue weighted by molar-refractivity contribution is 5.84. The van der Waals surface area contributed by atoms with Gasteiger partial charge in [0.1, 0.15) is 13.2 Å². The first-order valence-electron chi connectivity index (χ1n) is 10.9. The van der Waals surface area contributed by atoms with Crippen LogP contribution in [-0.4, -0.2) is 53.7 Å². The van der Waals surface area contributed by atoms with Crippen LogP contribution in [0.1, 0.15) is 44.2 Å². The molecular formula is C25H30N2O5. The van der Waals surface area contributed by atoms with E-state index in [1.807, 2.05) is 31.2 Å². The number of hydrogen-bond acceptors (Lipinski definition) is 4. The van der Waals surface area contributed by atoms with Crippen molar-refractivity contribution >= 4 is 18.0 Å². The van der Waals surface area contributed by atoms with Crippen molar-refractivity contribution in [2.45, 2.75) is 39.2 Å². The minimum Gasteiger partial charge on any atom is -0.480 e. The number of carboxylic acids is 1. The molecular weight excluding hydrogens is 408 g/mol. The van der Waals surface area contributed by atoms with Crippen molar-refractivity contribution in [2.75, 3.05) is 19.7 Å². The van der Waals surface area contributed by atoms with Crippen molar-refractivity contribution in [3.05, 3.63) is 59.7 Å². The van der Waals surface area contributed by atoms with Gasteiger partial charge in [0.05, 0.1) is 5.92 Å². The van der Waals surface area contributed by atoms with E-state index in [2.05, 4.69) is 29.6 Å². The van der Waals surface area contributed by atoms with Crippen molar-refractivity contribution in [1.82, 2.24) is 10.2 Å². The number of amides is 2. The molecule has 0 aromatic heterocycles. The number of rotatable bonds is 9. The van der Waals surface area contributed by atoms with Crippen LogP contribution in [-0.2, 0) is 14.3 Å². The number of hydrogen-bond donors (Lipinski definition) is 2. The zero-order valence-corrected chi connectivity index (χ0v) is 18.7. The van der Waals surface area contributed by atoms with E-state index in [9.17, 15) is 14.4 Å². The van der Waals surface area contributed by atoms with Gasteiger partial charge in [0, 0.05) is 18.5 Å². The summed E-state index contributed by atoms with van der Waals surface area (Å²) in [6, 6.07) is 16.0. The molecule has 2 amide bonds. The van der Waals surface area contributed by atoms with E-state index in [4.69, 9.17) is 9.84 Å². The summed E-state index contributed by atoms with van der Waals surface area (Å²) in [5.41, 5.74) is 4.57. The van der Waals surface area contributed by atoms with Crippen LogP contribution in [0.2, 0.25) is 0 Å². The molecule has 2 aromatic rings. The van der Waals surface area contributed by atoms with Gasteiger partial charge in [0.15, 0.2) is 0 Å². The largest absolute Gasteiger partial charge is 0.480 e. The molecule has 0 fully saturated rings. The summed E-state index contributed by atoms with van der Waals surface area (Å²) < 4.78 is 5.52. The average molecular weight is 439 g/mol. The Hall–Kier alpha value is -3.35. The lowest BCUT2D eigenvalue weighted by Gasteiger charge is -2.29. The maximum absolute atomic E-state index is 12.8. The first-order valence-corrected chi connectivity index (χ1v) is 10.9. The van der Waals surface area contributed by atoms with Gasteiger partial charge in [-0.3, -0.25) is 9.59 Å². The molecule has 0 heterocycles. The van der Waals surface area contributed by atoms with Crippen molar-refractivity contribution in [1.29, 1.82) is 0 Å². The molecule has 170 valence electrons. The van der Waals surface area contributed by atoms with E-state index in [1.54, 1.807) is 13.8 Å². The third-order valence-electron chi connectivity index (χ3n) is 5.89. The normalized spacial score (nSPS) is 13.2. The predicted octanol–water partition coefficient (Wildman–Crippen LogP) is 3.87. The summed E-state index contributed by atoms with van der Waals surface area (Å²) in [6.07, 6.45) is -0.113. The first kappa shape index (κ1) is 23.3. The minimum absolute atomic E-state index is 0.0382. The Kier molecular flexibility index (Phi) is 7.51. The van der Waals surface area contributed by atoms with Crippen LogP contribution in [0.3, 0.4) is 0 Å². The van der Waals surface area contributed by atoms with E-state index < -0.39 is 18.0 Å². The maximum atomic E-state index is 12.8. The predicted molar refractivity (Wildman–Crippen MR) is 121 cm³/mol. The number of fused-ring (bicyclic) bond motifs is 3. The average Bonchev–Trinajstić information content (AvgIpc) is 3.09. The third kappa shape index (κ3) is 5.10. The fourth-order valence-electron chi connectivity index (χ4n) is 4.16. The number of carboxylic acid groups (broad SMARTS) is 1. The number of nitrogens with one attached hydrogen (secondary N) is 1. The van der Waals surface area contributed by atoms with E-state index in [0.29, 0.717) is 6.42 Å². The lowest BCUT2D eigenvalue weighted by molar-refractivity contribution is -0.147. The molecule has 2 N–H and O–H groups in total. The molecule has 7 heteroatoms. The van der Waals surface area contributed by atoms with Gasteiger partial charge in [0.25, 0.3) is 0 Å². The number of alkyl carbamates (subject to hydrolysis) is 1. The molecule has 1 aliphatic rings. The van der Waals surface area contributed by atoms with Crippen molar-refractivity contribution in [3.63, 3.8) is 0 Å². The Morgan fingerprint density at radius 1 is 1.03 bits per heavy atom. The monoisotopic (exact) mass is 438 g/mol. The first-order chi connectivity index (χ1) is 15.3. The Morgan fingerprint density at radius 2 is 1.59 bits per heavy atom. The summed E-state index contributed by atoms with van der Waals surface area (Å²) >= 11 is 0. The van der Waals surface area contributed by atoms with Gasteiger partial charge in [-0.05, 0) is 42.5 Å². The summed E-state index contributed by atoms with van der Waals surface area (Å²) in [7, 11) is 0. The van der Waals surface area contributed by atoms with Crippen LogP contribution in [0, 0.1) is 5.92 Å². The third-order valence-corrected chi connectivity index (χ3v) is 5.89. The van der Waals surface area contributed by atoms with Crippen LogP contribution < -0.4 is 5.32 Å². The van der Waals surface area contributed by atoms with Gasteiger partial charge < -0.3 is 20.1 Å². The zero-order chi connectivity index (χ0) is 23.3. The van der Waals surface area contributed by atoms with Crippen molar-refractivity contribution < 1.29 is 24.2 Å². The highest BCUT2D eigenvalue weighted by Gasteiger charge is 2.30. The Morgan fingerprint density at radius 3 is 2.09 bits per heavy atom. The van der Waals surface area contributed by atoms with Gasteiger partial charge in [-0.2, -0.15) is 0 Å². The van der Waals surface area contributed by atoms with E-state index in [1.165, 1.54) is 4.90 Å². The quantitative estimate of drug-likeness (QED) is 0.620. The number of aliphatic carboxylic acids is 1. The van der Waals surface area contributed by atoms with Crippen LogP contribution in [0.15, 0.2) is 48.5 Å². The minimum atomic E-state index is -1.06. The molecule has 0 aliphatic heterocycles. The molecule has 1 unspecified atom stereocenters. The maximum Gasteiger partial charge on any atom is 0.407 e. The molecule has 3 rings (SSSR count). The molecule has 0 saturated heterocycles. The fourth-order valence-corrected chi connectivity index (χ4v) is 4.16. The SMILES string of the molecule is CCC(CNC(=O)OCC1c2ccccc2-c2ccccc21)C(=O)N(CC(=O)O)C(C)C. The molecule has 0 radical (unpaired) electrons. The molecule has 2 aromatic carbocycles. The summed E-state index contributed by atoms with van der Waals surface area (Å²) in [4.78, 5) is 37.6. The fraction of sp³-hybridized carbons (Fsp3) is 0.400. The Bertz CT molecular complexity index is 942. The summed E-state index contributed by atoms with van der Waals surface area (Å²) in [6.45, 7) is 5.30. The number of ether oxygens (including phenoxy) is 1. The molecule has 1 atom stereocenters. The zero-order valence-electron chi connectivity index (χ0n) is 18.7. The van der Waals surface area contributed by atoms with E-state index in [0.717, 1.165) is 22.3 Å². The number of carbonyl (C=O) groups is 3. The van der Waals surface area contributed by atoms with Gasteiger partial charge in [-0.1, -0.05) is 55.5 Å². The van der Waals surface area contributed by atoms with Gasteiger partial charge >= 0.3 is 12.1 Å². The van der Waals surface area contributed by atoms with Crippen molar-refractivity contribution in [3.8, 4) is 11.1 Å². The Labute approximate surface area is 188 Å². The highest BCUT2D eigenvalue weighted by atomic mass is 16.5. The molecule has 7 nitrogen and oxygen atoms in total. The second-order valence-electron chi connectivity index (χ2n) is 8.27. The molecule has 1 aliphatic carbocycles. The van der Waals surface area contributed by atoms with Gasteiger partial charge in [-0.25, -0.2) is 4.79 Å².